The summed E-state index contributed by atoms with van der Waals surface area (Å²) >= 11 is 0. The predicted octanol–water partition coefficient (Wildman–Crippen LogP) is 10.6. The normalized spacial score (nSPS) is 10.4. The molecule has 198 valence electrons. The Kier molecular flexibility index (Phi) is 11.5. The smallest absolute Gasteiger partial charge is 0.0731 e. The monoisotopic (exact) mass is 503 g/mol. The average Bonchev–Trinajstić information content (AvgIpc) is 2.89. The molecule has 3 aromatic carbocycles. The molecule has 0 unspecified atom stereocenters. The first kappa shape index (κ1) is 30.5. The molecule has 1 heterocycles. The fourth-order valence-electron chi connectivity index (χ4n) is 4.37. The number of allylic oxidation sites excluding steroid dienone is 1. The standard InChI is InChI=1S/C16H17N.C13H18.C8H10/c1-11(2)15-8-7-14(10-13(15)4)16-12(3)6-5-9-17-16;1-6-11-8-7-10(2)12(9-11)13(3,4)5;1-2-8-6-4-3-5-7-8/h5-10H,1H2,2-4H3;6-9H,1H2,2-5H3;3-7H,2H2,1H3. The first-order valence-corrected chi connectivity index (χ1v) is 13.4. The highest BCUT2D eigenvalue weighted by Crippen LogP contribution is 2.27. The molecular weight excluding hydrogens is 458 g/mol. The molecule has 0 aliphatic rings. The summed E-state index contributed by atoms with van der Waals surface area (Å²) in [6.45, 7) is 25.1. The third-order valence-corrected chi connectivity index (χ3v) is 6.53. The minimum absolute atomic E-state index is 0.225. The maximum absolute atomic E-state index is 4.44. The van der Waals surface area contributed by atoms with Crippen molar-refractivity contribution in [2.45, 2.75) is 67.2 Å². The van der Waals surface area contributed by atoms with Gasteiger partial charge in [-0.15, -0.1) is 0 Å². The van der Waals surface area contributed by atoms with E-state index in [4.69, 9.17) is 0 Å². The zero-order valence-corrected chi connectivity index (χ0v) is 24.7. The maximum atomic E-state index is 4.44. The Morgan fingerprint density at radius 3 is 2.00 bits per heavy atom. The van der Waals surface area contributed by atoms with Crippen LogP contribution in [-0.2, 0) is 11.8 Å². The van der Waals surface area contributed by atoms with E-state index < -0.39 is 0 Å². The van der Waals surface area contributed by atoms with Crippen LogP contribution in [0.15, 0.2) is 98.2 Å². The second-order valence-corrected chi connectivity index (χ2v) is 10.8. The van der Waals surface area contributed by atoms with E-state index in [9.17, 15) is 0 Å². The molecule has 4 rings (SSSR count). The molecule has 1 heteroatoms. The molecule has 0 bridgehead atoms. The lowest BCUT2D eigenvalue weighted by molar-refractivity contribution is 0.586. The summed E-state index contributed by atoms with van der Waals surface area (Å²) in [4.78, 5) is 4.44. The third-order valence-electron chi connectivity index (χ3n) is 6.53. The second kappa shape index (κ2) is 14.3. The summed E-state index contributed by atoms with van der Waals surface area (Å²) in [6, 6.07) is 27.4. The molecule has 0 aliphatic heterocycles. The van der Waals surface area contributed by atoms with Gasteiger partial charge in [0.15, 0.2) is 0 Å². The minimum Gasteiger partial charge on any atom is -0.256 e. The molecule has 0 aliphatic carbocycles. The van der Waals surface area contributed by atoms with Gasteiger partial charge in [-0.2, -0.15) is 0 Å². The van der Waals surface area contributed by atoms with Crippen molar-refractivity contribution in [3.05, 3.63) is 137 Å². The lowest BCUT2D eigenvalue weighted by atomic mass is 9.83. The maximum Gasteiger partial charge on any atom is 0.0731 e. The summed E-state index contributed by atoms with van der Waals surface area (Å²) in [7, 11) is 0. The number of rotatable bonds is 4. The van der Waals surface area contributed by atoms with Crippen LogP contribution in [0.4, 0.5) is 0 Å². The van der Waals surface area contributed by atoms with Crippen molar-refractivity contribution in [2.24, 2.45) is 0 Å². The van der Waals surface area contributed by atoms with Gasteiger partial charge in [0, 0.05) is 11.8 Å². The van der Waals surface area contributed by atoms with E-state index >= 15 is 0 Å². The molecule has 1 nitrogen and oxygen atoms in total. The quantitative estimate of drug-likeness (QED) is 0.270. The van der Waals surface area contributed by atoms with Gasteiger partial charge in [-0.3, -0.25) is 4.98 Å². The van der Waals surface area contributed by atoms with Gasteiger partial charge in [0.05, 0.1) is 5.69 Å². The van der Waals surface area contributed by atoms with Crippen LogP contribution in [-0.4, -0.2) is 4.98 Å². The molecule has 0 saturated carbocycles. The number of benzene rings is 3. The number of hydrogen-bond acceptors (Lipinski definition) is 1. The molecule has 0 spiro atoms. The van der Waals surface area contributed by atoms with Crippen LogP contribution < -0.4 is 0 Å². The Labute approximate surface area is 232 Å². The van der Waals surface area contributed by atoms with Gasteiger partial charge >= 0.3 is 0 Å². The first-order chi connectivity index (χ1) is 18.0. The molecule has 0 amide bonds. The third kappa shape index (κ3) is 8.99. The van der Waals surface area contributed by atoms with E-state index in [-0.39, 0.29) is 5.41 Å². The molecule has 1 aromatic heterocycles. The van der Waals surface area contributed by atoms with Gasteiger partial charge in [-0.25, -0.2) is 0 Å². The Morgan fingerprint density at radius 1 is 0.816 bits per heavy atom. The number of aromatic nitrogens is 1. The summed E-state index contributed by atoms with van der Waals surface area (Å²) in [5.41, 5.74) is 12.6. The van der Waals surface area contributed by atoms with Crippen molar-refractivity contribution < 1.29 is 0 Å². The van der Waals surface area contributed by atoms with Crippen LogP contribution in [0.5, 0.6) is 0 Å². The lowest BCUT2D eigenvalue weighted by Crippen LogP contribution is -2.13. The number of aryl methyl sites for hydroxylation is 4. The zero-order chi connectivity index (χ0) is 28.3. The van der Waals surface area contributed by atoms with Crippen LogP contribution in [0.3, 0.4) is 0 Å². The number of pyridine rings is 1. The zero-order valence-electron chi connectivity index (χ0n) is 24.7. The van der Waals surface area contributed by atoms with Crippen molar-refractivity contribution in [3.8, 4) is 11.3 Å². The molecule has 0 radical (unpaired) electrons. The van der Waals surface area contributed by atoms with E-state index in [1.807, 2.05) is 31.3 Å². The van der Waals surface area contributed by atoms with Gasteiger partial charge in [0.25, 0.3) is 0 Å². The molecule has 0 N–H and O–H groups in total. The predicted molar refractivity (Wildman–Crippen MR) is 170 cm³/mol. The molecule has 4 aromatic rings. The summed E-state index contributed by atoms with van der Waals surface area (Å²) < 4.78 is 0. The Balaban J connectivity index is 0.000000214. The van der Waals surface area contributed by atoms with Crippen LogP contribution in [0.1, 0.15) is 73.6 Å². The SMILES string of the molecule is C=C(C)c1ccc(-c2ncccc2C)cc1C.C=Cc1ccc(C)c(C(C)(C)C)c1.CCc1ccccc1. The number of hydrogen-bond donors (Lipinski definition) is 0. The molecule has 0 saturated heterocycles. The molecular formula is C37H45N. The van der Waals surface area contributed by atoms with E-state index in [1.165, 1.54) is 44.5 Å². The van der Waals surface area contributed by atoms with Crippen molar-refractivity contribution in [2.75, 3.05) is 0 Å². The van der Waals surface area contributed by atoms with Gasteiger partial charge < -0.3 is 0 Å². The highest BCUT2D eigenvalue weighted by atomic mass is 14.7. The van der Waals surface area contributed by atoms with Crippen molar-refractivity contribution in [1.82, 2.24) is 4.98 Å². The minimum atomic E-state index is 0.225. The van der Waals surface area contributed by atoms with Gasteiger partial charge in [0.2, 0.25) is 0 Å². The van der Waals surface area contributed by atoms with Gasteiger partial charge in [0.1, 0.15) is 0 Å². The van der Waals surface area contributed by atoms with E-state index in [1.54, 1.807) is 0 Å². The second-order valence-electron chi connectivity index (χ2n) is 10.8. The van der Waals surface area contributed by atoms with E-state index in [0.29, 0.717) is 0 Å². The van der Waals surface area contributed by atoms with Crippen LogP contribution in [0.25, 0.3) is 22.9 Å². The van der Waals surface area contributed by atoms with Crippen molar-refractivity contribution in [3.63, 3.8) is 0 Å². The topological polar surface area (TPSA) is 12.9 Å². The highest BCUT2D eigenvalue weighted by molar-refractivity contribution is 5.70. The molecule has 0 fully saturated rings. The lowest BCUT2D eigenvalue weighted by Gasteiger charge is -2.22. The molecule has 0 atom stereocenters. The Morgan fingerprint density at radius 2 is 1.50 bits per heavy atom. The van der Waals surface area contributed by atoms with E-state index in [0.717, 1.165) is 17.7 Å². The fourth-order valence-corrected chi connectivity index (χ4v) is 4.37. The summed E-state index contributed by atoms with van der Waals surface area (Å²) in [5.74, 6) is 0. The Bertz CT molecular complexity index is 1340. The van der Waals surface area contributed by atoms with Crippen LogP contribution in [0.2, 0.25) is 0 Å². The van der Waals surface area contributed by atoms with Gasteiger partial charge in [-0.1, -0.05) is 119 Å². The van der Waals surface area contributed by atoms with E-state index in [2.05, 4.69) is 133 Å². The summed E-state index contributed by atoms with van der Waals surface area (Å²) in [6.07, 6.45) is 4.87. The first-order valence-electron chi connectivity index (χ1n) is 13.4. The average molecular weight is 504 g/mol. The van der Waals surface area contributed by atoms with Gasteiger partial charge in [-0.05, 0) is 90.6 Å². The van der Waals surface area contributed by atoms with Crippen LogP contribution in [0, 0.1) is 20.8 Å². The van der Waals surface area contributed by atoms with Crippen molar-refractivity contribution >= 4 is 11.6 Å². The van der Waals surface area contributed by atoms with Crippen molar-refractivity contribution in [1.29, 1.82) is 0 Å². The fraction of sp³-hybridized carbons (Fsp3) is 0.270. The molecule has 38 heavy (non-hydrogen) atoms. The number of nitrogens with zero attached hydrogens (tertiary/aromatic N) is 1. The highest BCUT2D eigenvalue weighted by Gasteiger charge is 2.15. The largest absolute Gasteiger partial charge is 0.256 e. The Hall–Kier alpha value is -3.71. The van der Waals surface area contributed by atoms with Crippen LogP contribution >= 0.6 is 0 Å². The summed E-state index contributed by atoms with van der Waals surface area (Å²) in [5, 5.41) is 0.